The van der Waals surface area contributed by atoms with Gasteiger partial charge in [-0.2, -0.15) is 0 Å². The number of ketones is 1. The summed E-state index contributed by atoms with van der Waals surface area (Å²) in [6.07, 6.45) is 0. The molecule has 0 unspecified atom stereocenters. The average Bonchev–Trinajstić information content (AvgIpc) is 2.61. The highest BCUT2D eigenvalue weighted by Crippen LogP contribution is 2.19. The predicted molar refractivity (Wildman–Crippen MR) is 99.5 cm³/mol. The summed E-state index contributed by atoms with van der Waals surface area (Å²) < 4.78 is 5.35. The van der Waals surface area contributed by atoms with Gasteiger partial charge in [0.1, 0.15) is 5.75 Å². The third kappa shape index (κ3) is 5.44. The third-order valence-electron chi connectivity index (χ3n) is 3.80. The summed E-state index contributed by atoms with van der Waals surface area (Å²) in [4.78, 5) is 35.2. The van der Waals surface area contributed by atoms with Gasteiger partial charge in [-0.15, -0.1) is 0 Å². The third-order valence-corrected chi connectivity index (χ3v) is 3.80. The van der Waals surface area contributed by atoms with Crippen molar-refractivity contribution in [3.05, 3.63) is 59.2 Å². The fourth-order valence-electron chi connectivity index (χ4n) is 2.38. The Labute approximate surface area is 152 Å². The molecule has 0 fully saturated rings. The molecular weight excluding hydrogens is 332 g/mol. The van der Waals surface area contributed by atoms with Crippen LogP contribution in [0, 0.1) is 13.8 Å². The minimum Gasteiger partial charge on any atom is -0.484 e. The van der Waals surface area contributed by atoms with Crippen LogP contribution in [0.1, 0.15) is 28.4 Å². The highest BCUT2D eigenvalue weighted by atomic mass is 16.5. The Morgan fingerprint density at radius 3 is 2.27 bits per heavy atom. The van der Waals surface area contributed by atoms with Crippen LogP contribution in [-0.2, 0) is 9.59 Å². The molecule has 2 aromatic rings. The standard InChI is InChI=1S/C20H22N2O4/c1-13-6-4-7-14(2)20(13)22-18(24)11-21-19(25)12-26-17-9-5-8-16(10-17)15(3)23/h4-10H,11-12H2,1-3H3,(H,21,25)(H,22,24). The molecule has 6 heteroatoms. The Kier molecular flexibility index (Phi) is 6.49. The summed E-state index contributed by atoms with van der Waals surface area (Å²) >= 11 is 0. The molecule has 0 radical (unpaired) electrons. The number of carbonyl (C=O) groups is 3. The lowest BCUT2D eigenvalue weighted by Gasteiger charge is -2.12. The molecule has 0 aromatic heterocycles. The molecule has 6 nitrogen and oxygen atoms in total. The van der Waals surface area contributed by atoms with Crippen molar-refractivity contribution in [2.24, 2.45) is 0 Å². The molecule has 2 amide bonds. The van der Waals surface area contributed by atoms with Gasteiger partial charge in [-0.05, 0) is 44.0 Å². The Hall–Kier alpha value is -3.15. The van der Waals surface area contributed by atoms with E-state index in [0.717, 1.165) is 16.8 Å². The number of anilines is 1. The molecular formula is C20H22N2O4. The monoisotopic (exact) mass is 354 g/mol. The molecule has 0 saturated carbocycles. The maximum atomic E-state index is 12.0. The second-order valence-electron chi connectivity index (χ2n) is 5.96. The summed E-state index contributed by atoms with van der Waals surface area (Å²) in [6.45, 7) is 4.89. The summed E-state index contributed by atoms with van der Waals surface area (Å²) in [7, 11) is 0. The van der Waals surface area contributed by atoms with Crippen molar-refractivity contribution in [1.82, 2.24) is 5.32 Å². The molecule has 2 N–H and O–H groups in total. The van der Waals surface area contributed by atoms with Gasteiger partial charge in [0.25, 0.3) is 5.91 Å². The second-order valence-corrected chi connectivity index (χ2v) is 5.96. The number of Topliss-reactive ketones (excluding diaryl/α,β-unsaturated/α-hetero) is 1. The number of hydrogen-bond donors (Lipinski definition) is 2. The second kappa shape index (κ2) is 8.80. The van der Waals surface area contributed by atoms with Crippen molar-refractivity contribution in [1.29, 1.82) is 0 Å². The number of aryl methyl sites for hydroxylation is 2. The quantitative estimate of drug-likeness (QED) is 0.749. The number of rotatable bonds is 7. The zero-order valence-corrected chi connectivity index (χ0v) is 15.1. The van der Waals surface area contributed by atoms with Crippen LogP contribution in [-0.4, -0.2) is 30.7 Å². The first kappa shape index (κ1) is 19.2. The van der Waals surface area contributed by atoms with E-state index in [2.05, 4.69) is 10.6 Å². The van der Waals surface area contributed by atoms with E-state index < -0.39 is 5.91 Å². The van der Waals surface area contributed by atoms with Crippen LogP contribution in [0.4, 0.5) is 5.69 Å². The molecule has 0 spiro atoms. The minimum atomic E-state index is -0.421. The fraction of sp³-hybridized carbons (Fsp3) is 0.250. The van der Waals surface area contributed by atoms with E-state index in [1.165, 1.54) is 6.92 Å². The number of hydrogen-bond acceptors (Lipinski definition) is 4. The number of benzene rings is 2. The fourth-order valence-corrected chi connectivity index (χ4v) is 2.38. The van der Waals surface area contributed by atoms with Crippen LogP contribution in [0.15, 0.2) is 42.5 Å². The van der Waals surface area contributed by atoms with E-state index in [0.29, 0.717) is 11.3 Å². The van der Waals surface area contributed by atoms with Crippen molar-refractivity contribution in [2.75, 3.05) is 18.5 Å². The topological polar surface area (TPSA) is 84.5 Å². The molecule has 0 atom stereocenters. The smallest absolute Gasteiger partial charge is 0.258 e. The van der Waals surface area contributed by atoms with Crippen LogP contribution in [0.5, 0.6) is 5.75 Å². The van der Waals surface area contributed by atoms with E-state index >= 15 is 0 Å². The van der Waals surface area contributed by atoms with Crippen LogP contribution < -0.4 is 15.4 Å². The predicted octanol–water partition coefficient (Wildman–Crippen LogP) is 2.64. The number of nitrogens with one attached hydrogen (secondary N) is 2. The molecule has 0 aliphatic carbocycles. The Morgan fingerprint density at radius 2 is 1.62 bits per heavy atom. The van der Waals surface area contributed by atoms with Crippen molar-refractivity contribution in [2.45, 2.75) is 20.8 Å². The summed E-state index contributed by atoms with van der Waals surface area (Å²) in [5.74, 6) is -0.389. The van der Waals surface area contributed by atoms with Crippen molar-refractivity contribution in [3.8, 4) is 5.75 Å². The van der Waals surface area contributed by atoms with E-state index in [9.17, 15) is 14.4 Å². The highest BCUT2D eigenvalue weighted by Gasteiger charge is 2.10. The van der Waals surface area contributed by atoms with Gasteiger partial charge in [0.2, 0.25) is 5.91 Å². The first-order valence-electron chi connectivity index (χ1n) is 8.23. The molecule has 0 heterocycles. The first-order valence-corrected chi connectivity index (χ1v) is 8.23. The van der Waals surface area contributed by atoms with Gasteiger partial charge in [-0.1, -0.05) is 30.3 Å². The Morgan fingerprint density at radius 1 is 0.962 bits per heavy atom. The SMILES string of the molecule is CC(=O)c1cccc(OCC(=O)NCC(=O)Nc2c(C)cccc2C)c1. The van der Waals surface area contributed by atoms with E-state index in [1.807, 2.05) is 32.0 Å². The molecule has 0 saturated heterocycles. The molecule has 26 heavy (non-hydrogen) atoms. The molecule has 0 aliphatic heterocycles. The zero-order valence-electron chi connectivity index (χ0n) is 15.1. The summed E-state index contributed by atoms with van der Waals surface area (Å²) in [5.41, 5.74) is 3.18. The summed E-state index contributed by atoms with van der Waals surface area (Å²) in [6, 6.07) is 12.3. The lowest BCUT2D eigenvalue weighted by Crippen LogP contribution is -2.36. The molecule has 0 bridgehead atoms. The normalized spacial score (nSPS) is 10.1. The lowest BCUT2D eigenvalue weighted by atomic mass is 10.1. The summed E-state index contributed by atoms with van der Waals surface area (Å²) in [5, 5.41) is 5.30. The average molecular weight is 354 g/mol. The Balaban J connectivity index is 1.80. The van der Waals surface area contributed by atoms with E-state index in [4.69, 9.17) is 4.74 Å². The zero-order chi connectivity index (χ0) is 19.1. The minimum absolute atomic E-state index is 0.0805. The van der Waals surface area contributed by atoms with Gasteiger partial charge < -0.3 is 15.4 Å². The van der Waals surface area contributed by atoms with Crippen LogP contribution in [0.3, 0.4) is 0 Å². The number of amides is 2. The van der Waals surface area contributed by atoms with Crippen LogP contribution >= 0.6 is 0 Å². The largest absolute Gasteiger partial charge is 0.484 e. The number of carbonyl (C=O) groups excluding carboxylic acids is 3. The van der Waals surface area contributed by atoms with Gasteiger partial charge in [0.05, 0.1) is 6.54 Å². The van der Waals surface area contributed by atoms with Crippen LogP contribution in [0.2, 0.25) is 0 Å². The van der Waals surface area contributed by atoms with Crippen molar-refractivity contribution < 1.29 is 19.1 Å². The molecule has 2 rings (SSSR count). The van der Waals surface area contributed by atoms with Gasteiger partial charge in [0.15, 0.2) is 12.4 Å². The first-order chi connectivity index (χ1) is 12.4. The maximum Gasteiger partial charge on any atom is 0.258 e. The lowest BCUT2D eigenvalue weighted by molar-refractivity contribution is -0.125. The van der Waals surface area contributed by atoms with E-state index in [-0.39, 0.29) is 24.8 Å². The van der Waals surface area contributed by atoms with Gasteiger partial charge in [-0.3, -0.25) is 14.4 Å². The van der Waals surface area contributed by atoms with Crippen LogP contribution in [0.25, 0.3) is 0 Å². The molecule has 136 valence electrons. The van der Waals surface area contributed by atoms with Gasteiger partial charge >= 0.3 is 0 Å². The number of para-hydroxylation sites is 1. The van der Waals surface area contributed by atoms with Crippen molar-refractivity contribution >= 4 is 23.3 Å². The molecule has 2 aromatic carbocycles. The van der Waals surface area contributed by atoms with E-state index in [1.54, 1.807) is 24.3 Å². The Bertz CT molecular complexity index is 810. The van der Waals surface area contributed by atoms with Crippen molar-refractivity contribution in [3.63, 3.8) is 0 Å². The highest BCUT2D eigenvalue weighted by molar-refractivity contribution is 5.96. The number of ether oxygens (including phenoxy) is 1. The van der Waals surface area contributed by atoms with Gasteiger partial charge in [0, 0.05) is 11.3 Å². The molecule has 0 aliphatic rings. The maximum absolute atomic E-state index is 12.0. The van der Waals surface area contributed by atoms with Gasteiger partial charge in [-0.25, -0.2) is 0 Å².